The topological polar surface area (TPSA) is 17.8 Å². The fraction of sp³-hybridized carbons (Fsp3) is 0.118. The van der Waals surface area contributed by atoms with Crippen molar-refractivity contribution < 1.29 is 0 Å². The Labute approximate surface area is 123 Å². The summed E-state index contributed by atoms with van der Waals surface area (Å²) in [6.07, 6.45) is 6.61. The van der Waals surface area contributed by atoms with Crippen molar-refractivity contribution in [2.24, 2.45) is 0 Å². The van der Waals surface area contributed by atoms with Gasteiger partial charge in [0.2, 0.25) is 0 Å². The summed E-state index contributed by atoms with van der Waals surface area (Å²) in [7, 11) is 0. The van der Waals surface area contributed by atoms with E-state index >= 15 is 0 Å². The molecule has 0 radical (unpaired) electrons. The molecule has 3 heteroatoms. The van der Waals surface area contributed by atoms with Gasteiger partial charge in [-0.3, -0.25) is 0 Å². The van der Waals surface area contributed by atoms with Gasteiger partial charge in [-0.25, -0.2) is 4.98 Å². The van der Waals surface area contributed by atoms with E-state index < -0.39 is 0 Å². The van der Waals surface area contributed by atoms with Crippen molar-refractivity contribution in [1.82, 2.24) is 9.55 Å². The summed E-state index contributed by atoms with van der Waals surface area (Å²) in [4.78, 5) is 4.17. The largest absolute Gasteiger partial charge is 0.330 e. The fourth-order valence-electron chi connectivity index (χ4n) is 2.37. The van der Waals surface area contributed by atoms with E-state index in [-0.39, 0.29) is 6.04 Å². The van der Waals surface area contributed by atoms with Crippen molar-refractivity contribution in [3.63, 3.8) is 0 Å². The molecule has 2 aromatic carbocycles. The van der Waals surface area contributed by atoms with E-state index in [0.29, 0.717) is 0 Å². The van der Waals surface area contributed by atoms with Gasteiger partial charge in [0.15, 0.2) is 0 Å². The molecule has 0 aliphatic heterocycles. The minimum absolute atomic E-state index is 0.250. The summed E-state index contributed by atoms with van der Waals surface area (Å²) >= 11 is 5.95. The molecule has 1 unspecified atom stereocenters. The lowest BCUT2D eigenvalue weighted by atomic mass is 9.99. The standard InChI is InChI=1S/C17H15ClN2/c18-16-8-6-14(7-9-16)12-17(20-11-10-19-13-20)15-4-2-1-3-5-15/h1-11,13,17H,12H2. The number of hydrogen-bond acceptors (Lipinski definition) is 1. The van der Waals surface area contributed by atoms with Crippen LogP contribution in [-0.2, 0) is 6.42 Å². The van der Waals surface area contributed by atoms with Gasteiger partial charge < -0.3 is 4.57 Å². The van der Waals surface area contributed by atoms with E-state index in [2.05, 4.69) is 45.9 Å². The Hall–Kier alpha value is -2.06. The Morgan fingerprint density at radius 1 is 1.00 bits per heavy atom. The van der Waals surface area contributed by atoms with Crippen LogP contribution in [0.2, 0.25) is 5.02 Å². The number of aromatic nitrogens is 2. The molecule has 100 valence electrons. The molecule has 0 saturated heterocycles. The lowest BCUT2D eigenvalue weighted by Gasteiger charge is -2.19. The number of benzene rings is 2. The molecule has 1 heterocycles. The summed E-state index contributed by atoms with van der Waals surface area (Å²) in [5.41, 5.74) is 2.54. The minimum atomic E-state index is 0.250. The summed E-state index contributed by atoms with van der Waals surface area (Å²) in [5, 5.41) is 0.771. The Morgan fingerprint density at radius 3 is 2.40 bits per heavy atom. The Morgan fingerprint density at radius 2 is 1.75 bits per heavy atom. The highest BCUT2D eigenvalue weighted by Crippen LogP contribution is 2.23. The smallest absolute Gasteiger partial charge is 0.0951 e. The second-order valence-electron chi connectivity index (χ2n) is 4.77. The molecular weight excluding hydrogens is 268 g/mol. The third kappa shape index (κ3) is 2.91. The third-order valence-corrected chi connectivity index (χ3v) is 3.66. The van der Waals surface area contributed by atoms with Crippen molar-refractivity contribution in [3.05, 3.63) is 89.5 Å². The van der Waals surface area contributed by atoms with Gasteiger partial charge in [-0.2, -0.15) is 0 Å². The maximum absolute atomic E-state index is 5.95. The minimum Gasteiger partial charge on any atom is -0.330 e. The van der Waals surface area contributed by atoms with Crippen molar-refractivity contribution in [2.75, 3.05) is 0 Å². The second kappa shape index (κ2) is 5.93. The van der Waals surface area contributed by atoms with Crippen molar-refractivity contribution in [1.29, 1.82) is 0 Å². The lowest BCUT2D eigenvalue weighted by Crippen LogP contribution is -2.11. The van der Waals surface area contributed by atoms with Gasteiger partial charge in [-0.15, -0.1) is 0 Å². The van der Waals surface area contributed by atoms with Gasteiger partial charge >= 0.3 is 0 Å². The van der Waals surface area contributed by atoms with Crippen LogP contribution in [0, 0.1) is 0 Å². The zero-order valence-corrected chi connectivity index (χ0v) is 11.7. The van der Waals surface area contributed by atoms with Gasteiger partial charge in [0.05, 0.1) is 12.4 Å². The van der Waals surface area contributed by atoms with Gasteiger partial charge in [0, 0.05) is 17.4 Å². The molecule has 0 fully saturated rings. The first-order chi connectivity index (χ1) is 9.83. The molecule has 3 aromatic rings. The van der Waals surface area contributed by atoms with Crippen molar-refractivity contribution in [2.45, 2.75) is 12.5 Å². The van der Waals surface area contributed by atoms with Crippen LogP contribution in [-0.4, -0.2) is 9.55 Å². The monoisotopic (exact) mass is 282 g/mol. The Balaban J connectivity index is 1.92. The zero-order chi connectivity index (χ0) is 13.8. The second-order valence-corrected chi connectivity index (χ2v) is 5.20. The average Bonchev–Trinajstić information content (AvgIpc) is 3.01. The highest BCUT2D eigenvalue weighted by molar-refractivity contribution is 6.30. The SMILES string of the molecule is Clc1ccc(CC(c2ccccc2)n2ccnc2)cc1. The van der Waals surface area contributed by atoms with E-state index in [1.807, 2.05) is 36.9 Å². The van der Waals surface area contributed by atoms with Crippen molar-refractivity contribution in [3.8, 4) is 0 Å². The molecule has 1 atom stereocenters. The van der Waals surface area contributed by atoms with E-state index in [0.717, 1.165) is 11.4 Å². The number of hydrogen-bond donors (Lipinski definition) is 0. The van der Waals surface area contributed by atoms with Gasteiger partial charge in [0.25, 0.3) is 0 Å². The summed E-state index contributed by atoms with van der Waals surface area (Å²) in [5.74, 6) is 0. The first-order valence-corrected chi connectivity index (χ1v) is 6.97. The maximum Gasteiger partial charge on any atom is 0.0951 e. The van der Waals surface area contributed by atoms with Crippen LogP contribution < -0.4 is 0 Å². The van der Waals surface area contributed by atoms with Crippen LogP contribution in [0.1, 0.15) is 17.2 Å². The van der Waals surface area contributed by atoms with E-state index in [4.69, 9.17) is 11.6 Å². The number of nitrogens with zero attached hydrogens (tertiary/aromatic N) is 2. The number of imidazole rings is 1. The van der Waals surface area contributed by atoms with E-state index in [1.165, 1.54) is 11.1 Å². The molecule has 0 bridgehead atoms. The summed E-state index contributed by atoms with van der Waals surface area (Å²) in [6, 6.07) is 18.8. The van der Waals surface area contributed by atoms with Gasteiger partial charge in [0.1, 0.15) is 0 Å². The van der Waals surface area contributed by atoms with Gasteiger partial charge in [-0.1, -0.05) is 54.1 Å². The first-order valence-electron chi connectivity index (χ1n) is 6.60. The van der Waals surface area contributed by atoms with Crippen molar-refractivity contribution >= 4 is 11.6 Å². The molecule has 0 saturated carbocycles. The predicted molar refractivity (Wildman–Crippen MR) is 82.0 cm³/mol. The zero-order valence-electron chi connectivity index (χ0n) is 11.0. The molecule has 2 nitrogen and oxygen atoms in total. The van der Waals surface area contributed by atoms with Crippen LogP contribution in [0.25, 0.3) is 0 Å². The molecule has 0 N–H and O–H groups in total. The highest BCUT2D eigenvalue weighted by Gasteiger charge is 2.13. The molecular formula is C17H15ClN2. The highest BCUT2D eigenvalue weighted by atomic mass is 35.5. The predicted octanol–water partition coefficient (Wildman–Crippen LogP) is 4.37. The molecule has 0 spiro atoms. The van der Waals surface area contributed by atoms with Gasteiger partial charge in [-0.05, 0) is 29.7 Å². The average molecular weight is 283 g/mol. The molecule has 3 rings (SSSR count). The maximum atomic E-state index is 5.95. The molecule has 0 amide bonds. The fourth-order valence-corrected chi connectivity index (χ4v) is 2.49. The number of rotatable bonds is 4. The van der Waals surface area contributed by atoms with Crippen LogP contribution >= 0.6 is 11.6 Å². The van der Waals surface area contributed by atoms with Crippen LogP contribution in [0.3, 0.4) is 0 Å². The molecule has 0 aliphatic carbocycles. The lowest BCUT2D eigenvalue weighted by molar-refractivity contribution is 0.581. The molecule has 20 heavy (non-hydrogen) atoms. The number of halogens is 1. The first kappa shape index (κ1) is 12.9. The third-order valence-electron chi connectivity index (χ3n) is 3.41. The van der Waals surface area contributed by atoms with Crippen LogP contribution in [0.15, 0.2) is 73.3 Å². The quantitative estimate of drug-likeness (QED) is 0.695. The summed E-state index contributed by atoms with van der Waals surface area (Å²) < 4.78 is 2.14. The van der Waals surface area contributed by atoms with Crippen LogP contribution in [0.4, 0.5) is 0 Å². The normalized spacial score (nSPS) is 12.2. The Kier molecular flexibility index (Phi) is 3.84. The Bertz CT molecular complexity index is 645. The van der Waals surface area contributed by atoms with E-state index in [1.54, 1.807) is 0 Å². The summed E-state index contributed by atoms with van der Waals surface area (Å²) in [6.45, 7) is 0. The molecule has 1 aromatic heterocycles. The van der Waals surface area contributed by atoms with E-state index in [9.17, 15) is 0 Å². The molecule has 0 aliphatic rings. The van der Waals surface area contributed by atoms with Crippen LogP contribution in [0.5, 0.6) is 0 Å².